The lowest BCUT2D eigenvalue weighted by atomic mass is 9.97. The number of aryl methyl sites for hydroxylation is 3. The van der Waals surface area contributed by atoms with Gasteiger partial charge >= 0.3 is 0 Å². The van der Waals surface area contributed by atoms with Crippen LogP contribution in [-0.4, -0.2) is 15.3 Å². The molecule has 0 aromatic carbocycles. The number of hydrogen-bond donors (Lipinski definition) is 0. The van der Waals surface area contributed by atoms with Gasteiger partial charge in [0.2, 0.25) is 5.89 Å². The van der Waals surface area contributed by atoms with E-state index in [4.69, 9.17) is 4.42 Å². The van der Waals surface area contributed by atoms with E-state index in [1.165, 1.54) is 0 Å². The Hall–Kier alpha value is -1.84. The second kappa shape index (κ2) is 4.37. The van der Waals surface area contributed by atoms with E-state index >= 15 is 0 Å². The van der Waals surface area contributed by atoms with Crippen LogP contribution in [0.4, 0.5) is 0 Å². The van der Waals surface area contributed by atoms with Crippen molar-refractivity contribution in [1.82, 2.24) is 9.55 Å². The fourth-order valence-electron chi connectivity index (χ4n) is 2.75. The molecule has 0 N–H and O–H groups in total. The lowest BCUT2D eigenvalue weighted by Gasteiger charge is -2.14. The van der Waals surface area contributed by atoms with Gasteiger partial charge in [0.05, 0.1) is 12.2 Å². The summed E-state index contributed by atoms with van der Waals surface area (Å²) in [6, 6.07) is 2.00. The molecule has 0 aliphatic heterocycles. The molecule has 0 saturated heterocycles. The summed E-state index contributed by atoms with van der Waals surface area (Å²) in [5.41, 5.74) is 4.07. The van der Waals surface area contributed by atoms with E-state index in [1.807, 2.05) is 26.8 Å². The molecule has 19 heavy (non-hydrogen) atoms. The van der Waals surface area contributed by atoms with Gasteiger partial charge in [-0.05, 0) is 39.7 Å². The number of carbonyl (C=O) groups excluding carboxylic acids is 1. The molecule has 4 heteroatoms. The summed E-state index contributed by atoms with van der Waals surface area (Å²) in [5.74, 6) is 1.85. The zero-order chi connectivity index (χ0) is 13.6. The Morgan fingerprint density at radius 1 is 1.32 bits per heavy atom. The highest BCUT2D eigenvalue weighted by Crippen LogP contribution is 2.26. The van der Waals surface area contributed by atoms with E-state index in [2.05, 4.69) is 9.55 Å². The summed E-state index contributed by atoms with van der Waals surface area (Å²) in [4.78, 5) is 16.3. The van der Waals surface area contributed by atoms with Crippen LogP contribution >= 0.6 is 0 Å². The highest BCUT2D eigenvalue weighted by Gasteiger charge is 2.23. The molecule has 0 saturated carbocycles. The van der Waals surface area contributed by atoms with Crippen molar-refractivity contribution in [2.75, 3.05) is 0 Å². The largest absolute Gasteiger partial charge is 0.444 e. The van der Waals surface area contributed by atoms with Gasteiger partial charge in [-0.2, -0.15) is 0 Å². The maximum Gasteiger partial charge on any atom is 0.214 e. The average Bonchev–Trinajstić information content (AvgIpc) is 2.84. The predicted molar refractivity (Wildman–Crippen MR) is 71.5 cm³/mol. The Bertz CT molecular complexity index is 630. The average molecular weight is 258 g/mol. The monoisotopic (exact) mass is 258 g/mol. The van der Waals surface area contributed by atoms with Crippen LogP contribution in [0.1, 0.15) is 51.9 Å². The summed E-state index contributed by atoms with van der Waals surface area (Å²) < 4.78 is 7.81. The van der Waals surface area contributed by atoms with Crippen molar-refractivity contribution in [1.29, 1.82) is 0 Å². The van der Waals surface area contributed by atoms with Gasteiger partial charge in [0.25, 0.3) is 0 Å². The van der Waals surface area contributed by atoms with Crippen LogP contribution in [0.2, 0.25) is 0 Å². The smallest absolute Gasteiger partial charge is 0.214 e. The van der Waals surface area contributed by atoms with Crippen LogP contribution in [-0.2, 0) is 13.0 Å². The molecule has 1 aliphatic rings. The SMILES string of the molecule is Cc1nc(Cn2c(C)cc3c2CCCC3=O)oc1C. The molecular weight excluding hydrogens is 240 g/mol. The van der Waals surface area contributed by atoms with Gasteiger partial charge in [0.1, 0.15) is 5.76 Å². The Morgan fingerprint density at radius 2 is 2.11 bits per heavy atom. The molecule has 0 radical (unpaired) electrons. The van der Waals surface area contributed by atoms with Gasteiger partial charge in [-0.3, -0.25) is 4.79 Å². The second-order valence-electron chi connectivity index (χ2n) is 5.26. The van der Waals surface area contributed by atoms with Crippen LogP contribution in [0.25, 0.3) is 0 Å². The Morgan fingerprint density at radius 3 is 2.79 bits per heavy atom. The molecule has 0 amide bonds. The van der Waals surface area contributed by atoms with Crippen molar-refractivity contribution in [2.24, 2.45) is 0 Å². The van der Waals surface area contributed by atoms with Crippen LogP contribution < -0.4 is 0 Å². The zero-order valence-corrected chi connectivity index (χ0v) is 11.6. The van der Waals surface area contributed by atoms with Crippen molar-refractivity contribution >= 4 is 5.78 Å². The quantitative estimate of drug-likeness (QED) is 0.832. The highest BCUT2D eigenvalue weighted by atomic mass is 16.4. The first-order chi connectivity index (χ1) is 9.06. The molecule has 3 rings (SSSR count). The lowest BCUT2D eigenvalue weighted by molar-refractivity contribution is 0.0971. The number of ketones is 1. The number of rotatable bonds is 2. The number of oxazole rings is 1. The zero-order valence-electron chi connectivity index (χ0n) is 11.6. The van der Waals surface area contributed by atoms with Crippen molar-refractivity contribution in [2.45, 2.75) is 46.6 Å². The number of Topliss-reactive ketones (excluding diaryl/α,β-unsaturated/α-hetero) is 1. The minimum atomic E-state index is 0.267. The molecule has 2 heterocycles. The standard InChI is InChI=1S/C15H18N2O2/c1-9-7-12-13(5-4-6-14(12)18)17(9)8-15-16-10(2)11(3)19-15/h7H,4-6,8H2,1-3H3. The molecule has 100 valence electrons. The molecule has 0 bridgehead atoms. The Labute approximate surface area is 112 Å². The summed E-state index contributed by atoms with van der Waals surface area (Å²) in [6.07, 6.45) is 2.58. The number of fused-ring (bicyclic) bond motifs is 1. The van der Waals surface area contributed by atoms with E-state index in [0.29, 0.717) is 13.0 Å². The van der Waals surface area contributed by atoms with Crippen molar-refractivity contribution in [3.05, 3.63) is 40.4 Å². The lowest BCUT2D eigenvalue weighted by Crippen LogP contribution is -2.14. The van der Waals surface area contributed by atoms with Crippen molar-refractivity contribution in [3.63, 3.8) is 0 Å². The second-order valence-corrected chi connectivity index (χ2v) is 5.26. The summed E-state index contributed by atoms with van der Waals surface area (Å²) >= 11 is 0. The minimum absolute atomic E-state index is 0.267. The van der Waals surface area contributed by atoms with Gasteiger partial charge in [0.15, 0.2) is 5.78 Å². The first kappa shape index (κ1) is 12.2. The van der Waals surface area contributed by atoms with E-state index in [0.717, 1.165) is 47.1 Å². The Balaban J connectivity index is 1.99. The molecular formula is C15H18N2O2. The number of hydrogen-bond acceptors (Lipinski definition) is 3. The van der Waals surface area contributed by atoms with E-state index in [1.54, 1.807) is 0 Å². The van der Waals surface area contributed by atoms with Gasteiger partial charge < -0.3 is 8.98 Å². The van der Waals surface area contributed by atoms with Gasteiger partial charge in [-0.25, -0.2) is 4.98 Å². The molecule has 0 fully saturated rings. The third kappa shape index (κ3) is 2.01. The maximum atomic E-state index is 11.9. The summed E-state index contributed by atoms with van der Waals surface area (Å²) in [5, 5.41) is 0. The van der Waals surface area contributed by atoms with Crippen LogP contribution in [0, 0.1) is 20.8 Å². The third-order valence-electron chi connectivity index (χ3n) is 3.90. The molecule has 2 aromatic heterocycles. The molecule has 2 aromatic rings. The number of aromatic nitrogens is 2. The normalized spacial score (nSPS) is 14.8. The number of carbonyl (C=O) groups is 1. The van der Waals surface area contributed by atoms with Crippen LogP contribution in [0.15, 0.2) is 10.5 Å². The molecule has 4 nitrogen and oxygen atoms in total. The predicted octanol–water partition coefficient (Wildman–Crippen LogP) is 2.97. The number of nitrogens with zero attached hydrogens (tertiary/aromatic N) is 2. The van der Waals surface area contributed by atoms with Gasteiger partial charge in [-0.15, -0.1) is 0 Å². The van der Waals surface area contributed by atoms with Crippen molar-refractivity contribution < 1.29 is 9.21 Å². The molecule has 0 atom stereocenters. The third-order valence-corrected chi connectivity index (χ3v) is 3.90. The maximum absolute atomic E-state index is 11.9. The minimum Gasteiger partial charge on any atom is -0.444 e. The Kier molecular flexibility index (Phi) is 2.81. The fourth-order valence-corrected chi connectivity index (χ4v) is 2.75. The summed E-state index contributed by atoms with van der Waals surface area (Å²) in [6.45, 7) is 6.52. The summed E-state index contributed by atoms with van der Waals surface area (Å²) in [7, 11) is 0. The molecule has 0 unspecified atom stereocenters. The topological polar surface area (TPSA) is 48.0 Å². The van der Waals surface area contributed by atoms with E-state index in [9.17, 15) is 4.79 Å². The van der Waals surface area contributed by atoms with Crippen molar-refractivity contribution in [3.8, 4) is 0 Å². The van der Waals surface area contributed by atoms with Crippen LogP contribution in [0.3, 0.4) is 0 Å². The van der Waals surface area contributed by atoms with Crippen LogP contribution in [0.5, 0.6) is 0 Å². The van der Waals surface area contributed by atoms with E-state index < -0.39 is 0 Å². The van der Waals surface area contributed by atoms with E-state index in [-0.39, 0.29) is 5.78 Å². The molecule has 0 spiro atoms. The fraction of sp³-hybridized carbons (Fsp3) is 0.467. The highest BCUT2D eigenvalue weighted by molar-refractivity contribution is 5.98. The van der Waals surface area contributed by atoms with Gasteiger partial charge in [-0.1, -0.05) is 0 Å². The first-order valence-corrected chi connectivity index (χ1v) is 6.71. The van der Waals surface area contributed by atoms with Gasteiger partial charge in [0, 0.05) is 23.4 Å². The molecule has 1 aliphatic carbocycles. The first-order valence-electron chi connectivity index (χ1n) is 6.71.